The quantitative estimate of drug-likeness (QED) is 0.774. The lowest BCUT2D eigenvalue weighted by atomic mass is 9.63. The van der Waals surface area contributed by atoms with Crippen molar-refractivity contribution in [3.8, 4) is 0 Å². The van der Waals surface area contributed by atoms with Gasteiger partial charge >= 0.3 is 5.97 Å². The molecular weight excluding hydrogens is 216 g/mol. The number of rotatable bonds is 3. The lowest BCUT2D eigenvalue weighted by Crippen LogP contribution is -2.44. The van der Waals surface area contributed by atoms with Gasteiger partial charge in [0.05, 0.1) is 7.11 Å². The van der Waals surface area contributed by atoms with Crippen LogP contribution in [0.5, 0.6) is 0 Å². The molecular formula is C14H26O3. The van der Waals surface area contributed by atoms with E-state index in [9.17, 15) is 9.90 Å². The van der Waals surface area contributed by atoms with Crippen molar-refractivity contribution in [1.29, 1.82) is 0 Å². The van der Waals surface area contributed by atoms with Crippen LogP contribution in [0.15, 0.2) is 0 Å². The van der Waals surface area contributed by atoms with Crippen molar-refractivity contribution < 1.29 is 14.6 Å². The number of hydrogen-bond acceptors (Lipinski definition) is 3. The van der Waals surface area contributed by atoms with Gasteiger partial charge in [0, 0.05) is 5.41 Å². The van der Waals surface area contributed by atoms with E-state index >= 15 is 0 Å². The van der Waals surface area contributed by atoms with Gasteiger partial charge in [0.2, 0.25) is 0 Å². The number of aliphatic hydroxyl groups excluding tert-OH is 1. The fourth-order valence-electron chi connectivity index (χ4n) is 2.78. The number of hydrogen-bond donors (Lipinski definition) is 1. The van der Waals surface area contributed by atoms with E-state index in [-0.39, 0.29) is 0 Å². The summed E-state index contributed by atoms with van der Waals surface area (Å²) in [7, 11) is 1.33. The number of aliphatic hydroxyl groups is 1. The molecule has 1 fully saturated rings. The average molecular weight is 242 g/mol. The zero-order valence-electron chi connectivity index (χ0n) is 11.7. The smallest absolute Gasteiger partial charge is 0.335 e. The van der Waals surface area contributed by atoms with Crippen molar-refractivity contribution in [2.75, 3.05) is 7.11 Å². The van der Waals surface area contributed by atoms with E-state index < -0.39 is 17.5 Å². The van der Waals surface area contributed by atoms with Crippen LogP contribution in [-0.4, -0.2) is 24.3 Å². The number of carbonyl (C=O) groups excluding carboxylic acids is 1. The van der Waals surface area contributed by atoms with E-state index in [4.69, 9.17) is 0 Å². The predicted molar refractivity (Wildman–Crippen MR) is 67.5 cm³/mol. The summed E-state index contributed by atoms with van der Waals surface area (Å²) in [4.78, 5) is 11.5. The second-order valence-corrected chi connectivity index (χ2v) is 6.69. The van der Waals surface area contributed by atoms with Crippen molar-refractivity contribution >= 4 is 5.97 Å². The van der Waals surface area contributed by atoms with Gasteiger partial charge < -0.3 is 9.84 Å². The summed E-state index contributed by atoms with van der Waals surface area (Å²) in [5.74, 6) is -0.121. The van der Waals surface area contributed by atoms with Crippen LogP contribution in [0.25, 0.3) is 0 Å². The summed E-state index contributed by atoms with van der Waals surface area (Å²) in [6.45, 7) is 8.51. The van der Waals surface area contributed by atoms with Gasteiger partial charge in [-0.2, -0.15) is 0 Å². The molecule has 0 aromatic rings. The molecule has 0 bridgehead atoms. The van der Waals surface area contributed by atoms with Crippen LogP contribution in [0, 0.1) is 16.7 Å². The molecule has 0 aromatic carbocycles. The minimum absolute atomic E-state index is 0.393. The highest BCUT2D eigenvalue weighted by atomic mass is 16.5. The third kappa shape index (κ3) is 3.21. The molecule has 1 rings (SSSR count). The first-order valence-electron chi connectivity index (χ1n) is 6.46. The van der Waals surface area contributed by atoms with E-state index in [1.807, 2.05) is 13.8 Å². The van der Waals surface area contributed by atoms with Crippen molar-refractivity contribution in [2.24, 2.45) is 16.7 Å². The molecule has 1 atom stereocenters. The van der Waals surface area contributed by atoms with Crippen LogP contribution in [0.4, 0.5) is 0 Å². The molecule has 0 spiro atoms. The van der Waals surface area contributed by atoms with Gasteiger partial charge in [-0.25, -0.2) is 4.79 Å². The first-order valence-corrected chi connectivity index (χ1v) is 6.46. The van der Waals surface area contributed by atoms with Crippen molar-refractivity contribution in [2.45, 2.75) is 59.5 Å². The van der Waals surface area contributed by atoms with Gasteiger partial charge in [-0.15, -0.1) is 0 Å². The number of methoxy groups -OCH3 is 1. The van der Waals surface area contributed by atoms with Gasteiger partial charge in [-0.1, -0.05) is 27.7 Å². The second kappa shape index (κ2) is 4.97. The van der Waals surface area contributed by atoms with Gasteiger partial charge in [-0.3, -0.25) is 0 Å². The summed E-state index contributed by atoms with van der Waals surface area (Å²) in [5.41, 5.74) is 0.00634. The molecule has 1 unspecified atom stereocenters. The topological polar surface area (TPSA) is 46.5 Å². The van der Waals surface area contributed by atoms with Crippen LogP contribution < -0.4 is 0 Å². The van der Waals surface area contributed by atoms with Crippen LogP contribution in [0.1, 0.15) is 53.4 Å². The summed E-state index contributed by atoms with van der Waals surface area (Å²) >= 11 is 0. The van der Waals surface area contributed by atoms with E-state index in [1.54, 1.807) is 0 Å². The standard InChI is InChI=1S/C14H26O3/c1-13(2)8-6-10(7-9-13)14(3,4)11(15)12(16)17-5/h10-11,15H,6-9H2,1-5H3. The fourth-order valence-corrected chi connectivity index (χ4v) is 2.78. The van der Waals surface area contributed by atoms with Crippen LogP contribution >= 0.6 is 0 Å². The molecule has 0 aliphatic heterocycles. The largest absolute Gasteiger partial charge is 0.467 e. The minimum atomic E-state index is -1.02. The predicted octanol–water partition coefficient (Wildman–Crippen LogP) is 2.76. The van der Waals surface area contributed by atoms with E-state index in [2.05, 4.69) is 18.6 Å². The summed E-state index contributed by atoms with van der Waals surface area (Å²) in [6.07, 6.45) is 3.46. The highest BCUT2D eigenvalue weighted by Crippen LogP contribution is 2.46. The maximum atomic E-state index is 11.5. The second-order valence-electron chi connectivity index (χ2n) is 6.69. The van der Waals surface area contributed by atoms with E-state index in [1.165, 1.54) is 7.11 Å². The zero-order chi connectivity index (χ0) is 13.3. The fraction of sp³-hybridized carbons (Fsp3) is 0.929. The van der Waals surface area contributed by atoms with Crippen molar-refractivity contribution in [3.05, 3.63) is 0 Å². The SMILES string of the molecule is COC(=O)C(O)C(C)(C)C1CCC(C)(C)CC1. The van der Waals surface area contributed by atoms with Gasteiger partial charge in [-0.05, 0) is 37.0 Å². The Labute approximate surface area is 105 Å². The van der Waals surface area contributed by atoms with Crippen LogP contribution in [0.2, 0.25) is 0 Å². The third-order valence-electron chi connectivity index (χ3n) is 4.52. The minimum Gasteiger partial charge on any atom is -0.467 e. The number of esters is 1. The molecule has 0 heterocycles. The average Bonchev–Trinajstić information content (AvgIpc) is 2.26. The summed E-state index contributed by atoms with van der Waals surface area (Å²) in [5, 5.41) is 10.1. The Morgan fingerprint density at radius 2 is 1.82 bits per heavy atom. The Kier molecular flexibility index (Phi) is 4.23. The Morgan fingerprint density at radius 3 is 2.24 bits per heavy atom. The molecule has 1 N–H and O–H groups in total. The Bertz CT molecular complexity index is 271. The first-order chi connectivity index (χ1) is 7.70. The third-order valence-corrected chi connectivity index (χ3v) is 4.52. The molecule has 3 nitrogen and oxygen atoms in total. The van der Waals surface area contributed by atoms with Gasteiger partial charge in [0.25, 0.3) is 0 Å². The summed E-state index contributed by atoms with van der Waals surface area (Å²) < 4.78 is 4.64. The van der Waals surface area contributed by atoms with Gasteiger partial charge in [0.15, 0.2) is 6.10 Å². The lowest BCUT2D eigenvalue weighted by Gasteiger charge is -2.43. The molecule has 100 valence electrons. The normalized spacial score (nSPS) is 23.2. The molecule has 0 amide bonds. The monoisotopic (exact) mass is 242 g/mol. The lowest BCUT2D eigenvalue weighted by molar-refractivity contribution is -0.160. The summed E-state index contributed by atoms with van der Waals surface area (Å²) in [6, 6.07) is 0. The Balaban J connectivity index is 2.68. The molecule has 0 radical (unpaired) electrons. The van der Waals surface area contributed by atoms with Crippen LogP contribution in [-0.2, 0) is 9.53 Å². The number of ether oxygens (including phenoxy) is 1. The highest BCUT2D eigenvalue weighted by molar-refractivity contribution is 5.75. The maximum absolute atomic E-state index is 11.5. The molecule has 17 heavy (non-hydrogen) atoms. The van der Waals surface area contributed by atoms with Crippen molar-refractivity contribution in [1.82, 2.24) is 0 Å². The Hall–Kier alpha value is -0.570. The van der Waals surface area contributed by atoms with Crippen molar-refractivity contribution in [3.63, 3.8) is 0 Å². The maximum Gasteiger partial charge on any atom is 0.335 e. The molecule has 0 saturated heterocycles. The Morgan fingerprint density at radius 1 is 1.35 bits per heavy atom. The first kappa shape index (κ1) is 14.5. The highest BCUT2D eigenvalue weighted by Gasteiger charge is 2.43. The number of carbonyl (C=O) groups is 1. The van der Waals surface area contributed by atoms with Crippen LogP contribution in [0.3, 0.4) is 0 Å². The van der Waals surface area contributed by atoms with E-state index in [0.29, 0.717) is 11.3 Å². The molecule has 3 heteroatoms. The molecule has 0 aromatic heterocycles. The molecule has 1 aliphatic rings. The zero-order valence-corrected chi connectivity index (χ0v) is 11.7. The van der Waals surface area contributed by atoms with Gasteiger partial charge in [0.1, 0.15) is 0 Å². The molecule has 1 saturated carbocycles. The molecule has 1 aliphatic carbocycles. The van der Waals surface area contributed by atoms with E-state index in [0.717, 1.165) is 25.7 Å².